The summed E-state index contributed by atoms with van der Waals surface area (Å²) in [6.45, 7) is 9.74. The van der Waals surface area contributed by atoms with Gasteiger partial charge in [-0.2, -0.15) is 0 Å². The number of nitrogens with one attached hydrogen (secondary N) is 2. The van der Waals surface area contributed by atoms with E-state index in [0.29, 0.717) is 71.4 Å². The van der Waals surface area contributed by atoms with Crippen molar-refractivity contribution in [1.82, 2.24) is 10.2 Å². The van der Waals surface area contributed by atoms with Crippen LogP contribution in [0.1, 0.15) is 24.2 Å². The highest BCUT2D eigenvalue weighted by atomic mass is 32.1. The highest BCUT2D eigenvalue weighted by molar-refractivity contribution is 7.80. The summed E-state index contributed by atoms with van der Waals surface area (Å²) in [5.74, 6) is -0.868. The smallest absolute Gasteiger partial charge is 0.336 e. The van der Waals surface area contributed by atoms with E-state index in [9.17, 15) is 19.8 Å². The van der Waals surface area contributed by atoms with E-state index in [-0.39, 0.29) is 22.5 Å². The van der Waals surface area contributed by atoms with Crippen molar-refractivity contribution >= 4 is 40.0 Å². The van der Waals surface area contributed by atoms with Gasteiger partial charge in [0, 0.05) is 47.4 Å². The summed E-state index contributed by atoms with van der Waals surface area (Å²) in [5, 5.41) is 27.1. The Morgan fingerprint density at radius 3 is 2.43 bits per heavy atom. The maximum atomic E-state index is 12.4. The summed E-state index contributed by atoms with van der Waals surface area (Å²) >= 11 is 5.38. The number of hydrogen-bond acceptors (Lipinski definition) is 8. The number of aromatic hydroxyl groups is 1. The lowest BCUT2D eigenvalue weighted by molar-refractivity contribution is 0.0413. The van der Waals surface area contributed by atoms with Gasteiger partial charge in [0.1, 0.15) is 17.1 Å². The molecule has 42 heavy (non-hydrogen) atoms. The molecule has 11 heteroatoms. The number of phenols is 1. The quantitative estimate of drug-likeness (QED) is 0.0926. The van der Waals surface area contributed by atoms with Gasteiger partial charge in [-0.05, 0) is 67.3 Å². The minimum atomic E-state index is -1.14. The molecule has 222 valence electrons. The zero-order valence-electron chi connectivity index (χ0n) is 23.6. The fourth-order valence-corrected chi connectivity index (χ4v) is 4.85. The topological polar surface area (TPSA) is 134 Å². The molecule has 1 heterocycles. The van der Waals surface area contributed by atoms with E-state index in [1.807, 2.05) is 0 Å². The highest BCUT2D eigenvalue weighted by Crippen LogP contribution is 2.42. The van der Waals surface area contributed by atoms with E-state index in [1.54, 1.807) is 24.3 Å². The molecular weight excluding hydrogens is 558 g/mol. The van der Waals surface area contributed by atoms with Crippen LogP contribution in [0.5, 0.6) is 5.75 Å². The van der Waals surface area contributed by atoms with E-state index < -0.39 is 5.97 Å². The predicted molar refractivity (Wildman–Crippen MR) is 167 cm³/mol. The number of thiocarbonyl (C=S) groups is 1. The Balaban J connectivity index is 1.41. The number of carbonyl (C=O) groups is 1. The number of carboxylic acid groups (broad SMARTS) is 1. The molecule has 0 aromatic heterocycles. The van der Waals surface area contributed by atoms with Crippen LogP contribution in [0.25, 0.3) is 33.4 Å². The fourth-order valence-electron chi connectivity index (χ4n) is 4.63. The Morgan fingerprint density at radius 2 is 1.69 bits per heavy atom. The number of nitrogens with zero attached hydrogens (tertiary/aromatic N) is 1. The first-order valence-electron chi connectivity index (χ1n) is 13.8. The van der Waals surface area contributed by atoms with Gasteiger partial charge in [0.05, 0.1) is 32.0 Å². The Kier molecular flexibility index (Phi) is 10.8. The van der Waals surface area contributed by atoms with Crippen molar-refractivity contribution in [1.29, 1.82) is 0 Å². The summed E-state index contributed by atoms with van der Waals surface area (Å²) < 4.78 is 17.1. The molecule has 10 nitrogen and oxygen atoms in total. The lowest BCUT2D eigenvalue weighted by Crippen LogP contribution is -2.31. The van der Waals surface area contributed by atoms with Crippen molar-refractivity contribution < 1.29 is 28.9 Å². The molecular formula is C31H35N3O7S. The summed E-state index contributed by atoms with van der Waals surface area (Å²) in [5.41, 5.74) is 2.16. The number of aromatic carboxylic acids is 1. The van der Waals surface area contributed by atoms with Crippen molar-refractivity contribution in [3.05, 3.63) is 70.4 Å². The molecule has 0 saturated heterocycles. The zero-order valence-corrected chi connectivity index (χ0v) is 24.5. The van der Waals surface area contributed by atoms with Crippen molar-refractivity contribution in [2.24, 2.45) is 0 Å². The molecule has 0 radical (unpaired) electrons. The number of likely N-dealkylation sites (N-methyl/N-ethyl adjacent to an activating group) is 1. The number of rotatable bonds is 14. The summed E-state index contributed by atoms with van der Waals surface area (Å²) in [4.78, 5) is 26.7. The normalized spacial score (nSPS) is 11.3. The number of hydrogen-bond donors (Lipinski definition) is 4. The SMILES string of the molecule is CCN(CC)CCOCCOCCNC(=S)Nc1ccc(-c2c3ccc(=O)cc-3oc3cc(O)ccc23)c(C(=O)O)c1. The van der Waals surface area contributed by atoms with Gasteiger partial charge in [-0.3, -0.25) is 4.79 Å². The van der Waals surface area contributed by atoms with E-state index >= 15 is 0 Å². The molecule has 0 fully saturated rings. The predicted octanol–water partition coefficient (Wildman–Crippen LogP) is 4.63. The average Bonchev–Trinajstić information content (AvgIpc) is 2.97. The van der Waals surface area contributed by atoms with Gasteiger partial charge in [-0.25, -0.2) is 4.79 Å². The van der Waals surface area contributed by atoms with Crippen LogP contribution in [0.4, 0.5) is 5.69 Å². The number of ether oxygens (including phenoxy) is 2. The molecule has 0 unspecified atom stereocenters. The second-order valence-electron chi connectivity index (χ2n) is 9.51. The number of phenolic OH excluding ortho intramolecular Hbond substituents is 1. The van der Waals surface area contributed by atoms with Gasteiger partial charge in [0.15, 0.2) is 10.5 Å². The Hall–Kier alpha value is -4.03. The number of anilines is 1. The Bertz CT molecular complexity index is 1570. The van der Waals surface area contributed by atoms with Crippen LogP contribution in [0, 0.1) is 0 Å². The highest BCUT2D eigenvalue weighted by Gasteiger charge is 2.22. The molecule has 2 aliphatic rings. The van der Waals surface area contributed by atoms with Crippen LogP contribution in [-0.2, 0) is 9.47 Å². The van der Waals surface area contributed by atoms with E-state index in [1.165, 1.54) is 30.3 Å². The molecule has 0 atom stereocenters. The second-order valence-corrected chi connectivity index (χ2v) is 9.92. The van der Waals surface area contributed by atoms with Crippen molar-refractivity contribution in [3.8, 4) is 28.2 Å². The molecule has 1 aliphatic heterocycles. The minimum Gasteiger partial charge on any atom is -0.508 e. The summed E-state index contributed by atoms with van der Waals surface area (Å²) in [7, 11) is 0. The fraction of sp³-hybridized carbons (Fsp3) is 0.323. The molecule has 4 rings (SSSR count). The van der Waals surface area contributed by atoms with Crippen LogP contribution in [0.15, 0.2) is 63.8 Å². The summed E-state index contributed by atoms with van der Waals surface area (Å²) in [6.07, 6.45) is 0. The van der Waals surface area contributed by atoms with Crippen LogP contribution in [0.3, 0.4) is 0 Å². The third-order valence-electron chi connectivity index (χ3n) is 6.80. The monoisotopic (exact) mass is 593 g/mol. The maximum absolute atomic E-state index is 12.4. The molecule has 2 aromatic carbocycles. The lowest BCUT2D eigenvalue weighted by Gasteiger charge is -2.18. The van der Waals surface area contributed by atoms with Crippen molar-refractivity contribution in [2.75, 3.05) is 57.9 Å². The zero-order chi connectivity index (χ0) is 30.1. The van der Waals surface area contributed by atoms with Crippen LogP contribution < -0.4 is 16.1 Å². The molecule has 0 bridgehead atoms. The van der Waals surface area contributed by atoms with Gasteiger partial charge in [-0.1, -0.05) is 19.9 Å². The number of carboxylic acids is 1. The first-order valence-corrected chi connectivity index (χ1v) is 14.2. The number of fused-ring (bicyclic) bond motifs is 2. The van der Waals surface area contributed by atoms with Crippen molar-refractivity contribution in [3.63, 3.8) is 0 Å². The van der Waals surface area contributed by atoms with Crippen molar-refractivity contribution in [2.45, 2.75) is 13.8 Å². The average molecular weight is 594 g/mol. The third kappa shape index (κ3) is 7.83. The Morgan fingerprint density at radius 1 is 0.952 bits per heavy atom. The molecule has 0 saturated carbocycles. The van der Waals surface area contributed by atoms with E-state index in [4.69, 9.17) is 26.1 Å². The molecule has 2 aromatic rings. The van der Waals surface area contributed by atoms with Gasteiger partial charge in [-0.15, -0.1) is 0 Å². The van der Waals surface area contributed by atoms with Crippen LogP contribution in [-0.4, -0.2) is 78.8 Å². The van der Waals surface area contributed by atoms with Gasteiger partial charge in [0.2, 0.25) is 0 Å². The first kappa shape index (κ1) is 30.9. The maximum Gasteiger partial charge on any atom is 0.336 e. The standard InChI is InChI=1S/C31H35N3O7S/c1-3-34(4-2)12-14-40-16-15-39-13-11-32-31(42)33-20-5-8-23(26(17-20)30(37)38)29-24-9-6-21(35)18-27(24)41-28-19-22(36)7-10-25(28)29/h5-10,17-19,35H,3-4,11-16H2,1-2H3,(H,37,38)(H2,32,33,42). The van der Waals surface area contributed by atoms with Gasteiger partial charge >= 0.3 is 5.97 Å². The lowest BCUT2D eigenvalue weighted by atomic mass is 9.90. The Labute approximate surface area is 249 Å². The van der Waals surface area contributed by atoms with E-state index in [2.05, 4.69) is 29.4 Å². The van der Waals surface area contributed by atoms with E-state index in [0.717, 1.165) is 19.6 Å². The largest absolute Gasteiger partial charge is 0.508 e. The number of benzene rings is 3. The molecule has 0 spiro atoms. The molecule has 0 amide bonds. The van der Waals surface area contributed by atoms with Gasteiger partial charge < -0.3 is 39.6 Å². The summed E-state index contributed by atoms with van der Waals surface area (Å²) in [6, 6.07) is 13.9. The third-order valence-corrected chi connectivity index (χ3v) is 7.05. The van der Waals surface area contributed by atoms with Crippen LogP contribution >= 0.6 is 12.2 Å². The molecule has 1 aliphatic carbocycles. The van der Waals surface area contributed by atoms with Gasteiger partial charge in [0.25, 0.3) is 0 Å². The van der Waals surface area contributed by atoms with Crippen LogP contribution in [0.2, 0.25) is 0 Å². The minimum absolute atomic E-state index is 0.0153. The second kappa shape index (κ2) is 14.7. The molecule has 4 N–H and O–H groups in total. The first-order chi connectivity index (χ1) is 20.3.